The molecule has 0 radical (unpaired) electrons. The molecule has 0 unspecified atom stereocenters. The highest BCUT2D eigenvalue weighted by molar-refractivity contribution is 6.31. The molecule has 2 aromatic rings. The van der Waals surface area contributed by atoms with E-state index in [4.69, 9.17) is 22.1 Å². The van der Waals surface area contributed by atoms with Crippen molar-refractivity contribution in [1.82, 2.24) is 4.98 Å². The first-order valence-electron chi connectivity index (χ1n) is 5.84. The lowest BCUT2D eigenvalue weighted by Gasteiger charge is -2.11. The molecule has 0 fully saturated rings. The summed E-state index contributed by atoms with van der Waals surface area (Å²) in [7, 11) is 0. The van der Waals surface area contributed by atoms with Crippen molar-refractivity contribution in [2.45, 2.75) is 19.6 Å². The molecule has 3 nitrogen and oxygen atoms in total. The third-order valence-corrected chi connectivity index (χ3v) is 3.05. The molecule has 1 aromatic carbocycles. The lowest BCUT2D eigenvalue weighted by atomic mass is 10.1. The summed E-state index contributed by atoms with van der Waals surface area (Å²) >= 11 is 5.96. The Kier molecular flexibility index (Phi) is 4.35. The predicted molar refractivity (Wildman–Crippen MR) is 72.6 cm³/mol. The highest BCUT2D eigenvalue weighted by Crippen LogP contribution is 2.22. The first-order valence-corrected chi connectivity index (χ1v) is 6.22. The van der Waals surface area contributed by atoms with E-state index in [1.165, 1.54) is 6.07 Å². The van der Waals surface area contributed by atoms with Gasteiger partial charge in [0.2, 0.25) is 0 Å². The van der Waals surface area contributed by atoms with E-state index in [1.807, 2.05) is 0 Å². The minimum Gasteiger partial charge on any atom is -0.489 e. The van der Waals surface area contributed by atoms with Crippen LogP contribution in [0.1, 0.15) is 24.1 Å². The van der Waals surface area contributed by atoms with Crippen molar-refractivity contribution in [3.63, 3.8) is 0 Å². The van der Waals surface area contributed by atoms with Gasteiger partial charge in [0.1, 0.15) is 18.2 Å². The molecule has 1 aromatic heterocycles. The Morgan fingerprint density at radius 3 is 2.84 bits per heavy atom. The largest absolute Gasteiger partial charge is 0.489 e. The topological polar surface area (TPSA) is 48.1 Å². The van der Waals surface area contributed by atoms with E-state index < -0.39 is 0 Å². The fraction of sp³-hybridized carbons (Fsp3) is 0.214. The van der Waals surface area contributed by atoms with Crippen molar-refractivity contribution in [3.05, 3.63) is 58.6 Å². The average Bonchev–Trinajstić information content (AvgIpc) is 2.37. The third-order valence-electron chi connectivity index (χ3n) is 2.71. The molecule has 1 atom stereocenters. The predicted octanol–water partition coefficient (Wildman–Crippen LogP) is 3.47. The first kappa shape index (κ1) is 13.8. The maximum Gasteiger partial charge on any atom is 0.131 e. The highest BCUT2D eigenvalue weighted by atomic mass is 35.5. The molecule has 0 saturated carbocycles. The van der Waals surface area contributed by atoms with E-state index >= 15 is 0 Å². The van der Waals surface area contributed by atoms with Gasteiger partial charge >= 0.3 is 0 Å². The number of ether oxygens (including phenoxy) is 1. The molecule has 0 bridgehead atoms. The van der Waals surface area contributed by atoms with E-state index in [2.05, 4.69) is 4.98 Å². The van der Waals surface area contributed by atoms with Gasteiger partial charge in [-0.3, -0.25) is 4.98 Å². The fourth-order valence-corrected chi connectivity index (χ4v) is 1.82. The van der Waals surface area contributed by atoms with Crippen LogP contribution in [0.5, 0.6) is 5.75 Å². The van der Waals surface area contributed by atoms with E-state index in [0.29, 0.717) is 16.3 Å². The summed E-state index contributed by atoms with van der Waals surface area (Å²) in [4.78, 5) is 3.88. The van der Waals surface area contributed by atoms with Gasteiger partial charge in [-0.05, 0) is 19.1 Å². The number of nitrogens with zero attached hydrogens (tertiary/aromatic N) is 1. The van der Waals surface area contributed by atoms with Crippen LogP contribution in [-0.4, -0.2) is 4.98 Å². The van der Waals surface area contributed by atoms with Crippen LogP contribution in [0.4, 0.5) is 4.39 Å². The van der Waals surface area contributed by atoms with Gasteiger partial charge < -0.3 is 10.5 Å². The summed E-state index contributed by atoms with van der Waals surface area (Å²) in [5.41, 5.74) is 6.91. The molecular weight excluding hydrogens is 267 g/mol. The van der Waals surface area contributed by atoms with Crippen LogP contribution in [0.2, 0.25) is 5.02 Å². The molecule has 0 aliphatic heterocycles. The van der Waals surface area contributed by atoms with Gasteiger partial charge in [-0.15, -0.1) is 0 Å². The van der Waals surface area contributed by atoms with Crippen LogP contribution in [0, 0.1) is 5.82 Å². The molecule has 1 heterocycles. The summed E-state index contributed by atoms with van der Waals surface area (Å²) in [5.74, 6) is 0.0723. The number of pyridine rings is 1. The standard InChI is InChI=1S/C14H14ClFN2O/c1-9(17)12-3-2-11(6-14(12)16)19-8-10-4-5-18-7-13(10)15/h2-7,9H,8,17H2,1H3/t9-/m1/s1. The minimum atomic E-state index is -0.367. The maximum atomic E-state index is 13.7. The summed E-state index contributed by atoms with van der Waals surface area (Å²) in [6, 6.07) is 6.06. The van der Waals surface area contributed by atoms with Crippen molar-refractivity contribution >= 4 is 11.6 Å². The molecule has 0 aliphatic carbocycles. The molecule has 19 heavy (non-hydrogen) atoms. The van der Waals surface area contributed by atoms with E-state index in [-0.39, 0.29) is 18.5 Å². The number of hydrogen-bond donors (Lipinski definition) is 1. The highest BCUT2D eigenvalue weighted by Gasteiger charge is 2.08. The van der Waals surface area contributed by atoms with Gasteiger partial charge in [-0.25, -0.2) is 4.39 Å². The minimum absolute atomic E-state index is 0.262. The third kappa shape index (κ3) is 3.43. The van der Waals surface area contributed by atoms with Gasteiger partial charge in [-0.1, -0.05) is 17.7 Å². The summed E-state index contributed by atoms with van der Waals surface area (Å²) in [5, 5.41) is 0.523. The van der Waals surface area contributed by atoms with Crippen molar-refractivity contribution in [1.29, 1.82) is 0 Å². The molecule has 100 valence electrons. The normalized spacial score (nSPS) is 12.2. The Morgan fingerprint density at radius 1 is 1.42 bits per heavy atom. The zero-order chi connectivity index (χ0) is 13.8. The van der Waals surface area contributed by atoms with Crippen LogP contribution >= 0.6 is 11.6 Å². The summed E-state index contributed by atoms with van der Waals surface area (Å²) in [6.07, 6.45) is 3.17. The Morgan fingerprint density at radius 2 is 2.21 bits per heavy atom. The Balaban J connectivity index is 2.08. The number of rotatable bonds is 4. The Labute approximate surface area is 116 Å². The van der Waals surface area contributed by atoms with Gasteiger partial charge in [-0.2, -0.15) is 0 Å². The summed E-state index contributed by atoms with van der Waals surface area (Å²) in [6.45, 7) is 1.99. The van der Waals surface area contributed by atoms with E-state index in [0.717, 1.165) is 5.56 Å². The van der Waals surface area contributed by atoms with Crippen LogP contribution < -0.4 is 10.5 Å². The van der Waals surface area contributed by atoms with E-state index in [1.54, 1.807) is 37.5 Å². The van der Waals surface area contributed by atoms with Crippen LogP contribution in [0.3, 0.4) is 0 Å². The molecular formula is C14H14ClFN2O. The molecule has 0 saturated heterocycles. The van der Waals surface area contributed by atoms with Crippen molar-refractivity contribution < 1.29 is 9.13 Å². The molecule has 2 rings (SSSR count). The Hall–Kier alpha value is -1.65. The molecule has 0 spiro atoms. The van der Waals surface area contributed by atoms with E-state index in [9.17, 15) is 4.39 Å². The zero-order valence-electron chi connectivity index (χ0n) is 10.4. The number of hydrogen-bond acceptors (Lipinski definition) is 3. The lowest BCUT2D eigenvalue weighted by Crippen LogP contribution is -2.07. The van der Waals surface area contributed by atoms with Crippen LogP contribution in [0.25, 0.3) is 0 Å². The van der Waals surface area contributed by atoms with Gasteiger partial charge in [0.15, 0.2) is 0 Å². The van der Waals surface area contributed by atoms with Gasteiger partial charge in [0.25, 0.3) is 0 Å². The number of aromatic nitrogens is 1. The summed E-state index contributed by atoms with van der Waals surface area (Å²) < 4.78 is 19.2. The number of benzene rings is 1. The van der Waals surface area contributed by atoms with Crippen molar-refractivity contribution in [2.24, 2.45) is 5.73 Å². The zero-order valence-corrected chi connectivity index (χ0v) is 11.2. The fourth-order valence-electron chi connectivity index (χ4n) is 1.65. The second-order valence-electron chi connectivity index (χ2n) is 4.23. The van der Waals surface area contributed by atoms with Crippen molar-refractivity contribution in [3.8, 4) is 5.75 Å². The second-order valence-corrected chi connectivity index (χ2v) is 4.63. The second kappa shape index (κ2) is 5.99. The van der Waals surface area contributed by atoms with Gasteiger partial charge in [0.05, 0.1) is 5.02 Å². The monoisotopic (exact) mass is 280 g/mol. The smallest absolute Gasteiger partial charge is 0.131 e. The average molecular weight is 281 g/mol. The van der Waals surface area contributed by atoms with Gasteiger partial charge in [0, 0.05) is 35.6 Å². The Bertz CT molecular complexity index is 575. The lowest BCUT2D eigenvalue weighted by molar-refractivity contribution is 0.304. The SMILES string of the molecule is C[C@@H](N)c1ccc(OCc2ccncc2Cl)cc1F. The van der Waals surface area contributed by atoms with Crippen LogP contribution in [-0.2, 0) is 6.61 Å². The molecule has 2 N–H and O–H groups in total. The quantitative estimate of drug-likeness (QED) is 0.933. The maximum absolute atomic E-state index is 13.7. The number of halogens is 2. The molecule has 0 amide bonds. The number of nitrogens with two attached hydrogens (primary N) is 1. The van der Waals surface area contributed by atoms with Crippen LogP contribution in [0.15, 0.2) is 36.7 Å². The van der Waals surface area contributed by atoms with Crippen molar-refractivity contribution in [2.75, 3.05) is 0 Å². The molecule has 0 aliphatic rings. The molecule has 5 heteroatoms. The first-order chi connectivity index (χ1) is 9.08.